The first-order valence-electron chi connectivity index (χ1n) is 3.85. The van der Waals surface area contributed by atoms with E-state index in [4.69, 9.17) is 0 Å². The Kier molecular flexibility index (Phi) is 2.41. The van der Waals surface area contributed by atoms with Crippen LogP contribution in [0.15, 0.2) is 10.9 Å². The summed E-state index contributed by atoms with van der Waals surface area (Å²) in [6.45, 7) is 3.99. The molecule has 0 aliphatic heterocycles. The van der Waals surface area contributed by atoms with Crippen LogP contribution in [-0.2, 0) is 12.8 Å². The summed E-state index contributed by atoms with van der Waals surface area (Å²) < 4.78 is 0. The van der Waals surface area contributed by atoms with E-state index in [-0.39, 0.29) is 5.69 Å². The largest absolute Gasteiger partial charge is 0.345 e. The second kappa shape index (κ2) is 3.32. The fourth-order valence-corrected chi connectivity index (χ4v) is 0.937. The molecule has 0 fully saturated rings. The summed E-state index contributed by atoms with van der Waals surface area (Å²) in [7, 11) is 0. The van der Waals surface area contributed by atoms with Crippen molar-refractivity contribution in [1.29, 1.82) is 0 Å². The summed E-state index contributed by atoms with van der Waals surface area (Å²) in [4.78, 5) is 17.3. The topological polar surface area (TPSA) is 45.8 Å². The minimum Gasteiger partial charge on any atom is -0.310 e. The Morgan fingerprint density at radius 2 is 2.18 bits per heavy atom. The Morgan fingerprint density at radius 3 is 2.73 bits per heavy atom. The normalized spacial score (nSPS) is 10.0. The summed E-state index contributed by atoms with van der Waals surface area (Å²) >= 11 is 0. The third-order valence-electron chi connectivity index (χ3n) is 1.60. The van der Waals surface area contributed by atoms with Crippen molar-refractivity contribution >= 4 is 0 Å². The van der Waals surface area contributed by atoms with Gasteiger partial charge in [-0.15, -0.1) is 0 Å². The molecule has 0 saturated heterocycles. The van der Waals surface area contributed by atoms with Gasteiger partial charge in [-0.25, -0.2) is 4.79 Å². The van der Waals surface area contributed by atoms with E-state index in [1.807, 2.05) is 19.9 Å². The fraction of sp³-hybridized carbons (Fsp3) is 0.500. The molecule has 0 aliphatic carbocycles. The average molecular weight is 152 g/mol. The summed E-state index contributed by atoms with van der Waals surface area (Å²) in [6, 6.07) is 1.93. The number of rotatable bonds is 2. The number of hydrogen-bond acceptors (Lipinski definition) is 2. The van der Waals surface area contributed by atoms with E-state index in [1.54, 1.807) is 0 Å². The zero-order valence-corrected chi connectivity index (χ0v) is 6.85. The van der Waals surface area contributed by atoms with Crippen molar-refractivity contribution in [2.45, 2.75) is 26.7 Å². The SMILES string of the molecule is CCc1cc(CC)[nH]c(=O)n1. The van der Waals surface area contributed by atoms with E-state index in [9.17, 15) is 4.79 Å². The lowest BCUT2D eigenvalue weighted by atomic mass is 10.2. The first kappa shape index (κ1) is 7.98. The van der Waals surface area contributed by atoms with Gasteiger partial charge in [0.15, 0.2) is 0 Å². The van der Waals surface area contributed by atoms with Crippen LogP contribution in [-0.4, -0.2) is 9.97 Å². The molecule has 0 amide bonds. The van der Waals surface area contributed by atoms with E-state index in [0.29, 0.717) is 0 Å². The fourth-order valence-electron chi connectivity index (χ4n) is 0.937. The number of nitrogens with zero attached hydrogens (tertiary/aromatic N) is 1. The summed E-state index contributed by atoms with van der Waals surface area (Å²) in [5, 5.41) is 0. The van der Waals surface area contributed by atoms with Crippen LogP contribution in [0.4, 0.5) is 0 Å². The van der Waals surface area contributed by atoms with Crippen LogP contribution in [0.25, 0.3) is 0 Å². The van der Waals surface area contributed by atoms with E-state index in [1.165, 1.54) is 0 Å². The van der Waals surface area contributed by atoms with Gasteiger partial charge in [-0.3, -0.25) is 0 Å². The summed E-state index contributed by atoms with van der Waals surface area (Å²) in [5.74, 6) is 0. The average Bonchev–Trinajstić information content (AvgIpc) is 2.03. The first-order valence-corrected chi connectivity index (χ1v) is 3.85. The molecule has 3 heteroatoms. The molecular formula is C8H12N2O. The molecular weight excluding hydrogens is 140 g/mol. The van der Waals surface area contributed by atoms with Crippen LogP contribution in [0, 0.1) is 0 Å². The molecule has 0 aromatic carbocycles. The number of nitrogens with one attached hydrogen (secondary N) is 1. The highest BCUT2D eigenvalue weighted by Crippen LogP contribution is 1.96. The van der Waals surface area contributed by atoms with Gasteiger partial charge in [0.05, 0.1) is 0 Å². The van der Waals surface area contributed by atoms with Crippen molar-refractivity contribution < 1.29 is 0 Å². The van der Waals surface area contributed by atoms with Crippen LogP contribution in [0.2, 0.25) is 0 Å². The highest BCUT2D eigenvalue weighted by atomic mass is 16.1. The Labute approximate surface area is 65.5 Å². The zero-order chi connectivity index (χ0) is 8.27. The Balaban J connectivity index is 3.12. The third-order valence-corrected chi connectivity index (χ3v) is 1.60. The molecule has 0 spiro atoms. The van der Waals surface area contributed by atoms with Gasteiger partial charge in [-0.2, -0.15) is 4.98 Å². The minimum absolute atomic E-state index is 0.235. The van der Waals surface area contributed by atoms with Crippen molar-refractivity contribution in [3.8, 4) is 0 Å². The van der Waals surface area contributed by atoms with Crippen LogP contribution < -0.4 is 5.69 Å². The molecule has 11 heavy (non-hydrogen) atoms. The molecule has 0 bridgehead atoms. The zero-order valence-electron chi connectivity index (χ0n) is 6.85. The maximum absolute atomic E-state index is 10.9. The van der Waals surface area contributed by atoms with E-state index < -0.39 is 0 Å². The van der Waals surface area contributed by atoms with E-state index in [2.05, 4.69) is 9.97 Å². The Bertz CT molecular complexity index is 265. The molecule has 0 radical (unpaired) electrons. The van der Waals surface area contributed by atoms with Crippen molar-refractivity contribution in [1.82, 2.24) is 9.97 Å². The third kappa shape index (κ3) is 1.90. The number of hydrogen-bond donors (Lipinski definition) is 1. The van der Waals surface area contributed by atoms with Crippen LogP contribution in [0.1, 0.15) is 25.2 Å². The van der Waals surface area contributed by atoms with Crippen LogP contribution in [0.3, 0.4) is 0 Å². The maximum atomic E-state index is 10.9. The number of aromatic nitrogens is 2. The molecule has 0 atom stereocenters. The van der Waals surface area contributed by atoms with Gasteiger partial charge in [-0.05, 0) is 18.9 Å². The van der Waals surface area contributed by atoms with Crippen molar-refractivity contribution in [3.05, 3.63) is 27.9 Å². The smallest absolute Gasteiger partial charge is 0.310 e. The quantitative estimate of drug-likeness (QED) is 0.684. The van der Waals surface area contributed by atoms with Crippen LogP contribution >= 0.6 is 0 Å². The van der Waals surface area contributed by atoms with Gasteiger partial charge in [0.1, 0.15) is 0 Å². The van der Waals surface area contributed by atoms with Gasteiger partial charge in [-0.1, -0.05) is 13.8 Å². The van der Waals surface area contributed by atoms with E-state index in [0.717, 1.165) is 24.2 Å². The second-order valence-corrected chi connectivity index (χ2v) is 2.41. The number of H-pyrrole nitrogens is 1. The first-order chi connectivity index (χ1) is 5.26. The Hall–Kier alpha value is -1.12. The molecule has 1 rings (SSSR count). The van der Waals surface area contributed by atoms with Crippen molar-refractivity contribution in [3.63, 3.8) is 0 Å². The van der Waals surface area contributed by atoms with Crippen molar-refractivity contribution in [2.24, 2.45) is 0 Å². The molecule has 0 aliphatic rings. The van der Waals surface area contributed by atoms with Crippen molar-refractivity contribution in [2.75, 3.05) is 0 Å². The Morgan fingerprint density at radius 1 is 1.45 bits per heavy atom. The highest BCUT2D eigenvalue weighted by Gasteiger charge is 1.95. The molecule has 3 nitrogen and oxygen atoms in total. The second-order valence-electron chi connectivity index (χ2n) is 2.41. The predicted octanol–water partition coefficient (Wildman–Crippen LogP) is 0.895. The van der Waals surface area contributed by atoms with Gasteiger partial charge in [0.25, 0.3) is 0 Å². The molecule has 0 unspecified atom stereocenters. The van der Waals surface area contributed by atoms with Crippen LogP contribution in [0.5, 0.6) is 0 Å². The highest BCUT2D eigenvalue weighted by molar-refractivity contribution is 5.07. The lowest BCUT2D eigenvalue weighted by Gasteiger charge is -1.97. The molecule has 0 saturated carbocycles. The molecule has 1 N–H and O–H groups in total. The minimum atomic E-state index is -0.235. The summed E-state index contributed by atoms with van der Waals surface area (Å²) in [6.07, 6.45) is 1.67. The number of aromatic amines is 1. The van der Waals surface area contributed by atoms with E-state index >= 15 is 0 Å². The number of aryl methyl sites for hydroxylation is 2. The molecule has 1 aromatic heterocycles. The van der Waals surface area contributed by atoms with Gasteiger partial charge < -0.3 is 4.98 Å². The predicted molar refractivity (Wildman–Crippen MR) is 43.6 cm³/mol. The summed E-state index contributed by atoms with van der Waals surface area (Å²) in [5.41, 5.74) is 1.59. The maximum Gasteiger partial charge on any atom is 0.345 e. The molecule has 1 aromatic rings. The standard InChI is InChI=1S/C8H12N2O/c1-3-6-5-7(4-2)10-8(11)9-6/h5H,3-4H2,1-2H3,(H,9,10,11). The van der Waals surface area contributed by atoms with Gasteiger partial charge in [0.2, 0.25) is 0 Å². The molecule has 1 heterocycles. The monoisotopic (exact) mass is 152 g/mol. The molecule has 60 valence electrons. The lowest BCUT2D eigenvalue weighted by Crippen LogP contribution is -2.14. The van der Waals surface area contributed by atoms with Gasteiger partial charge >= 0.3 is 5.69 Å². The lowest BCUT2D eigenvalue weighted by molar-refractivity contribution is 0.898. The van der Waals surface area contributed by atoms with Gasteiger partial charge in [0, 0.05) is 11.4 Å².